The van der Waals surface area contributed by atoms with E-state index in [1.807, 2.05) is 0 Å². The third-order valence-corrected chi connectivity index (χ3v) is 5.41. The van der Waals surface area contributed by atoms with Crippen LogP contribution in [-0.4, -0.2) is 23.1 Å². The van der Waals surface area contributed by atoms with Crippen LogP contribution in [0.5, 0.6) is 0 Å². The topological polar surface area (TPSA) is 32.3 Å². The predicted molar refractivity (Wildman–Crippen MR) is 105 cm³/mol. The molecule has 4 heteroatoms. The number of anilines is 3. The van der Waals surface area contributed by atoms with Crippen LogP contribution >= 0.6 is 0 Å². The molecule has 0 N–H and O–H groups in total. The lowest BCUT2D eigenvalue weighted by atomic mass is 10.0. The Morgan fingerprint density at radius 1 is 0.808 bits per heavy atom. The van der Waals surface area contributed by atoms with Crippen LogP contribution in [0.25, 0.3) is 0 Å². The Kier molecular flexibility index (Phi) is 3.63. The van der Waals surface area contributed by atoms with Crippen molar-refractivity contribution in [3.63, 3.8) is 0 Å². The van der Waals surface area contributed by atoms with E-state index in [0.717, 1.165) is 49.9 Å². The third-order valence-electron chi connectivity index (χ3n) is 5.41. The second-order valence-electron chi connectivity index (χ2n) is 7.14. The van der Waals surface area contributed by atoms with E-state index in [-0.39, 0.29) is 0 Å². The van der Waals surface area contributed by atoms with E-state index in [0.29, 0.717) is 0 Å². The number of aryl methyl sites for hydroxylation is 1. The molecule has 0 atom stereocenters. The van der Waals surface area contributed by atoms with Crippen LogP contribution in [0.4, 0.5) is 17.5 Å². The van der Waals surface area contributed by atoms with E-state index in [4.69, 9.17) is 9.97 Å². The van der Waals surface area contributed by atoms with Gasteiger partial charge in [0.1, 0.15) is 5.82 Å². The molecule has 2 aliphatic heterocycles. The summed E-state index contributed by atoms with van der Waals surface area (Å²) in [6.07, 6.45) is 2.13. The van der Waals surface area contributed by atoms with Gasteiger partial charge in [0.25, 0.3) is 0 Å². The number of hydrogen-bond acceptors (Lipinski definition) is 4. The van der Waals surface area contributed by atoms with Gasteiger partial charge in [-0.05, 0) is 42.5 Å². The highest BCUT2D eigenvalue weighted by molar-refractivity contribution is 5.68. The average molecular weight is 342 g/mol. The second kappa shape index (κ2) is 6.13. The Morgan fingerprint density at radius 2 is 1.54 bits per heavy atom. The summed E-state index contributed by atoms with van der Waals surface area (Å²) in [5, 5.41) is 0. The van der Waals surface area contributed by atoms with Gasteiger partial charge in [-0.1, -0.05) is 42.5 Å². The largest absolute Gasteiger partial charge is 0.336 e. The molecule has 0 saturated heterocycles. The molecule has 0 amide bonds. The Bertz CT molecular complexity index is 966. The standard InChI is InChI=1S/C22H22N4/c1-16-14-21(26-13-11-18-7-4-5-9-20(18)26)24-22(23-16)25-12-10-17-6-2-3-8-19(17)15-25/h2-9,14H,10-13,15H2,1H3. The molecule has 1 aromatic heterocycles. The molecule has 2 aliphatic rings. The van der Waals surface area contributed by atoms with Crippen LogP contribution in [0.1, 0.15) is 22.4 Å². The summed E-state index contributed by atoms with van der Waals surface area (Å²) in [4.78, 5) is 14.3. The first-order valence-corrected chi connectivity index (χ1v) is 9.31. The van der Waals surface area contributed by atoms with Crippen LogP contribution in [0.3, 0.4) is 0 Å². The predicted octanol–water partition coefficient (Wildman–Crippen LogP) is 4.04. The molecule has 0 saturated carbocycles. The highest BCUT2D eigenvalue weighted by atomic mass is 15.3. The van der Waals surface area contributed by atoms with Gasteiger partial charge in [-0.15, -0.1) is 0 Å². The minimum Gasteiger partial charge on any atom is -0.336 e. The van der Waals surface area contributed by atoms with Crippen molar-refractivity contribution in [1.29, 1.82) is 0 Å². The van der Waals surface area contributed by atoms with Crippen LogP contribution < -0.4 is 9.80 Å². The molecule has 0 fully saturated rings. The van der Waals surface area contributed by atoms with Crippen molar-refractivity contribution < 1.29 is 0 Å². The maximum absolute atomic E-state index is 4.95. The van der Waals surface area contributed by atoms with Crippen molar-refractivity contribution in [3.8, 4) is 0 Å². The van der Waals surface area contributed by atoms with Crippen molar-refractivity contribution in [1.82, 2.24) is 9.97 Å². The first-order chi connectivity index (χ1) is 12.8. The number of hydrogen-bond donors (Lipinski definition) is 0. The summed E-state index contributed by atoms with van der Waals surface area (Å²) in [6, 6.07) is 19.4. The lowest BCUT2D eigenvalue weighted by Crippen LogP contribution is -2.32. The summed E-state index contributed by atoms with van der Waals surface area (Å²) >= 11 is 0. The number of para-hydroxylation sites is 1. The van der Waals surface area contributed by atoms with Crippen molar-refractivity contribution in [2.45, 2.75) is 26.3 Å². The summed E-state index contributed by atoms with van der Waals surface area (Å²) in [7, 11) is 0. The zero-order valence-electron chi connectivity index (χ0n) is 15.0. The molecule has 4 nitrogen and oxygen atoms in total. The highest BCUT2D eigenvalue weighted by Gasteiger charge is 2.24. The number of fused-ring (bicyclic) bond motifs is 2. The number of aromatic nitrogens is 2. The summed E-state index contributed by atoms with van der Waals surface area (Å²) in [5.74, 6) is 1.86. The van der Waals surface area contributed by atoms with E-state index < -0.39 is 0 Å². The summed E-state index contributed by atoms with van der Waals surface area (Å²) in [6.45, 7) is 4.90. The third kappa shape index (κ3) is 2.62. The van der Waals surface area contributed by atoms with Crippen molar-refractivity contribution in [3.05, 3.63) is 77.0 Å². The SMILES string of the molecule is Cc1cc(N2CCc3ccccc32)nc(N2CCc3ccccc3C2)n1. The molecule has 0 unspecified atom stereocenters. The van der Waals surface area contributed by atoms with Crippen LogP contribution in [0, 0.1) is 6.92 Å². The number of nitrogens with zero attached hydrogens (tertiary/aromatic N) is 4. The molecule has 0 aliphatic carbocycles. The molecule has 0 bridgehead atoms. The lowest BCUT2D eigenvalue weighted by Gasteiger charge is -2.30. The smallest absolute Gasteiger partial charge is 0.227 e. The van der Waals surface area contributed by atoms with Gasteiger partial charge in [-0.25, -0.2) is 4.98 Å². The van der Waals surface area contributed by atoms with Gasteiger partial charge in [0.2, 0.25) is 5.95 Å². The fraction of sp³-hybridized carbons (Fsp3) is 0.273. The molecule has 130 valence electrons. The van der Waals surface area contributed by atoms with Crippen molar-refractivity contribution in [2.24, 2.45) is 0 Å². The molecular formula is C22H22N4. The summed E-state index contributed by atoms with van der Waals surface area (Å²) in [5.41, 5.74) is 6.54. The minimum atomic E-state index is 0.846. The van der Waals surface area contributed by atoms with Crippen LogP contribution in [-0.2, 0) is 19.4 Å². The van der Waals surface area contributed by atoms with Crippen LogP contribution in [0.15, 0.2) is 54.6 Å². The zero-order valence-corrected chi connectivity index (χ0v) is 15.0. The fourth-order valence-corrected chi connectivity index (χ4v) is 4.06. The van der Waals surface area contributed by atoms with Crippen LogP contribution in [0.2, 0.25) is 0 Å². The molecule has 5 rings (SSSR count). The van der Waals surface area contributed by atoms with E-state index in [2.05, 4.69) is 71.3 Å². The fourth-order valence-electron chi connectivity index (χ4n) is 4.06. The van der Waals surface area contributed by atoms with E-state index in [1.165, 1.54) is 22.4 Å². The minimum absolute atomic E-state index is 0.846. The highest BCUT2D eigenvalue weighted by Crippen LogP contribution is 2.34. The lowest BCUT2D eigenvalue weighted by molar-refractivity contribution is 0.705. The molecular weight excluding hydrogens is 320 g/mol. The van der Waals surface area contributed by atoms with E-state index in [9.17, 15) is 0 Å². The van der Waals surface area contributed by atoms with Gasteiger partial charge >= 0.3 is 0 Å². The Hall–Kier alpha value is -2.88. The Balaban J connectivity index is 1.49. The van der Waals surface area contributed by atoms with E-state index >= 15 is 0 Å². The van der Waals surface area contributed by atoms with Gasteiger partial charge in [-0.3, -0.25) is 0 Å². The normalized spacial score (nSPS) is 15.7. The molecule has 3 aromatic rings. The first-order valence-electron chi connectivity index (χ1n) is 9.31. The second-order valence-corrected chi connectivity index (χ2v) is 7.14. The maximum Gasteiger partial charge on any atom is 0.227 e. The van der Waals surface area contributed by atoms with Crippen molar-refractivity contribution in [2.75, 3.05) is 22.9 Å². The van der Waals surface area contributed by atoms with Gasteiger partial charge in [0.05, 0.1) is 0 Å². The van der Waals surface area contributed by atoms with E-state index in [1.54, 1.807) is 0 Å². The van der Waals surface area contributed by atoms with Gasteiger partial charge < -0.3 is 9.80 Å². The molecule has 2 aromatic carbocycles. The summed E-state index contributed by atoms with van der Waals surface area (Å²) < 4.78 is 0. The van der Waals surface area contributed by atoms with Gasteiger partial charge in [0, 0.05) is 37.1 Å². The quantitative estimate of drug-likeness (QED) is 0.703. The monoisotopic (exact) mass is 342 g/mol. The molecule has 0 radical (unpaired) electrons. The zero-order chi connectivity index (χ0) is 17.5. The molecule has 26 heavy (non-hydrogen) atoms. The maximum atomic E-state index is 4.95. The van der Waals surface area contributed by atoms with Gasteiger partial charge in [-0.2, -0.15) is 4.98 Å². The van der Waals surface area contributed by atoms with Crippen molar-refractivity contribution >= 4 is 17.5 Å². The number of benzene rings is 2. The Morgan fingerprint density at radius 3 is 2.42 bits per heavy atom. The molecule has 3 heterocycles. The molecule has 0 spiro atoms. The number of rotatable bonds is 2. The Labute approximate surface area is 154 Å². The van der Waals surface area contributed by atoms with Gasteiger partial charge in [0.15, 0.2) is 0 Å². The average Bonchev–Trinajstić information content (AvgIpc) is 3.11. The first kappa shape index (κ1) is 15.4.